The zero-order valence-corrected chi connectivity index (χ0v) is 7.69. The first-order valence-electron chi connectivity index (χ1n) is 1.03. The van der Waals surface area contributed by atoms with E-state index < -0.39 is 10.4 Å². The Morgan fingerprint density at radius 2 is 1.10 bits per heavy atom. The molecule has 0 aliphatic rings. The van der Waals surface area contributed by atoms with E-state index in [0.717, 1.165) is 5.34 Å². The molecular weight excluding hydrogens is 358 g/mol. The number of rotatable bonds is 0. The average molecular weight is 358 g/mol. The molecular formula is Ag2NO6S-. The molecule has 0 aromatic heterocycles. The Balaban J connectivity index is -0.0000000326. The van der Waals surface area contributed by atoms with Gasteiger partial charge in [0.15, 0.2) is 0 Å². The van der Waals surface area contributed by atoms with Gasteiger partial charge in [0.2, 0.25) is 0 Å². The quantitative estimate of drug-likeness (QED) is 0.178. The first-order chi connectivity index (χ1) is 3.41. The molecule has 0 N–H and O–H groups in total. The molecule has 0 atom stereocenters. The zero-order chi connectivity index (χ0) is 7.21. The van der Waals surface area contributed by atoms with Gasteiger partial charge in [-0.05, 0) is 0 Å². The largest absolute Gasteiger partial charge is 1.00 e. The Bertz CT molecular complexity index is 130. The van der Waals surface area contributed by atoms with Crippen LogP contribution in [-0.4, -0.2) is 17.5 Å². The molecule has 0 rings (SSSR count). The third-order valence-corrected chi connectivity index (χ3v) is 0. The van der Waals surface area contributed by atoms with Crippen molar-refractivity contribution < 1.29 is 62.3 Å². The second-order valence-corrected chi connectivity index (χ2v) is 1.30. The molecule has 10 heteroatoms. The third kappa shape index (κ3) is 933. The average Bonchev–Trinajstić information content (AvgIpc) is 1.27. The van der Waals surface area contributed by atoms with Crippen LogP contribution in [-0.2, 0) is 55.2 Å². The Morgan fingerprint density at radius 3 is 1.10 bits per heavy atom. The van der Waals surface area contributed by atoms with Crippen molar-refractivity contribution in [2.45, 2.75) is 0 Å². The standard InChI is InChI=1S/2Ag.HNO2.H2O4S/c;;2-1-3;1-5(2,3)4/h;;(H,2,3);(H2,1,2,3,4)/q2*+1;;/p-3. The van der Waals surface area contributed by atoms with Gasteiger partial charge in [0, 0.05) is 10.4 Å². The molecule has 70 valence electrons. The van der Waals surface area contributed by atoms with Crippen LogP contribution in [0.1, 0.15) is 0 Å². The summed E-state index contributed by atoms with van der Waals surface area (Å²) in [5.74, 6) is 0. The maximum absolute atomic E-state index is 8.52. The van der Waals surface area contributed by atoms with Crippen LogP contribution < -0.4 is 0 Å². The van der Waals surface area contributed by atoms with E-state index in [2.05, 4.69) is 0 Å². The van der Waals surface area contributed by atoms with E-state index in [0.29, 0.717) is 0 Å². The summed E-state index contributed by atoms with van der Waals surface area (Å²) in [5.41, 5.74) is 0. The van der Waals surface area contributed by atoms with Gasteiger partial charge in [-0.15, -0.1) is 5.34 Å². The van der Waals surface area contributed by atoms with Crippen LogP contribution >= 0.6 is 0 Å². The first-order valence-corrected chi connectivity index (χ1v) is 2.37. The number of hydrogen-bond acceptors (Lipinski definition) is 7. The van der Waals surface area contributed by atoms with Gasteiger partial charge >= 0.3 is 44.8 Å². The minimum atomic E-state index is -5.17. The van der Waals surface area contributed by atoms with E-state index in [-0.39, 0.29) is 44.8 Å². The molecule has 0 aromatic carbocycles. The molecule has 0 saturated heterocycles. The van der Waals surface area contributed by atoms with Crippen molar-refractivity contribution in [2.75, 3.05) is 0 Å². The molecule has 0 saturated carbocycles. The molecule has 10 heavy (non-hydrogen) atoms. The smallest absolute Gasteiger partial charge is 0.759 e. The van der Waals surface area contributed by atoms with Gasteiger partial charge < -0.3 is 19.2 Å². The molecule has 0 fully saturated rings. The second kappa shape index (κ2) is 12.4. The van der Waals surface area contributed by atoms with Gasteiger partial charge in [-0.3, -0.25) is 8.42 Å². The van der Waals surface area contributed by atoms with E-state index in [9.17, 15) is 0 Å². The van der Waals surface area contributed by atoms with Gasteiger partial charge in [0.05, 0.1) is 0 Å². The van der Waals surface area contributed by atoms with Crippen LogP contribution in [0, 0.1) is 10.1 Å². The molecule has 0 heterocycles. The number of hydrogen-bond donors (Lipinski definition) is 0. The fourth-order valence-corrected chi connectivity index (χ4v) is 0. The van der Waals surface area contributed by atoms with Gasteiger partial charge in [0.1, 0.15) is 0 Å². The van der Waals surface area contributed by atoms with Gasteiger partial charge in [-0.1, -0.05) is 0 Å². The minimum absolute atomic E-state index is 0. The van der Waals surface area contributed by atoms with Crippen LogP contribution in [0.25, 0.3) is 0 Å². The maximum Gasteiger partial charge on any atom is 1.00 e. The predicted molar refractivity (Wildman–Crippen MR) is 19.6 cm³/mol. The molecule has 0 bridgehead atoms. The normalized spacial score (nSPS) is 7.00. The summed E-state index contributed by atoms with van der Waals surface area (Å²) in [6.45, 7) is 0. The third-order valence-electron chi connectivity index (χ3n) is 0. The topological polar surface area (TPSA) is 133 Å². The van der Waals surface area contributed by atoms with Crippen molar-refractivity contribution >= 4 is 10.4 Å². The molecule has 0 aromatic rings. The fraction of sp³-hybridized carbons (Fsp3) is 0. The summed E-state index contributed by atoms with van der Waals surface area (Å²) in [6, 6.07) is 0. The van der Waals surface area contributed by atoms with Gasteiger partial charge in [-0.2, -0.15) is 0 Å². The summed E-state index contributed by atoms with van der Waals surface area (Å²) in [5, 5.41) is 9.00. The second-order valence-electron chi connectivity index (χ2n) is 0.483. The van der Waals surface area contributed by atoms with Crippen molar-refractivity contribution in [3.8, 4) is 0 Å². The minimum Gasteiger partial charge on any atom is -0.759 e. The molecule has 0 aliphatic heterocycles. The SMILES string of the molecule is O=N[O-].O=S(=O)([O-])[O-].[Ag+].[Ag+]. The summed E-state index contributed by atoms with van der Waals surface area (Å²) in [6.07, 6.45) is 0. The zero-order valence-electron chi connectivity index (χ0n) is 3.91. The molecule has 7 nitrogen and oxygen atoms in total. The van der Waals surface area contributed by atoms with Crippen molar-refractivity contribution in [2.24, 2.45) is 5.34 Å². The van der Waals surface area contributed by atoms with Crippen molar-refractivity contribution in [3.05, 3.63) is 10.1 Å². The van der Waals surface area contributed by atoms with Crippen LogP contribution in [0.15, 0.2) is 5.34 Å². The summed E-state index contributed by atoms with van der Waals surface area (Å²) >= 11 is 0. The fourth-order valence-electron chi connectivity index (χ4n) is 0. The first kappa shape index (κ1) is 22.4. The monoisotopic (exact) mass is 356 g/mol. The Morgan fingerprint density at radius 1 is 1.10 bits per heavy atom. The van der Waals surface area contributed by atoms with Crippen LogP contribution in [0.3, 0.4) is 0 Å². The maximum atomic E-state index is 8.52. The van der Waals surface area contributed by atoms with Gasteiger partial charge in [0.25, 0.3) is 0 Å². The molecule has 0 amide bonds. The van der Waals surface area contributed by atoms with E-state index in [1.165, 1.54) is 0 Å². The molecule has 0 aliphatic carbocycles. The van der Waals surface area contributed by atoms with Crippen LogP contribution in [0.4, 0.5) is 0 Å². The van der Waals surface area contributed by atoms with Crippen LogP contribution in [0.2, 0.25) is 0 Å². The van der Waals surface area contributed by atoms with E-state index in [1.54, 1.807) is 0 Å². The molecule has 0 spiro atoms. The van der Waals surface area contributed by atoms with Crippen molar-refractivity contribution in [1.29, 1.82) is 0 Å². The summed E-state index contributed by atoms with van der Waals surface area (Å²) < 4.78 is 34.1. The summed E-state index contributed by atoms with van der Waals surface area (Å²) in [7, 11) is -5.17. The van der Waals surface area contributed by atoms with E-state index in [4.69, 9.17) is 27.6 Å². The van der Waals surface area contributed by atoms with Gasteiger partial charge in [-0.25, -0.2) is 0 Å². The van der Waals surface area contributed by atoms with Crippen molar-refractivity contribution in [1.82, 2.24) is 0 Å². The van der Waals surface area contributed by atoms with E-state index >= 15 is 0 Å². The Kier molecular flexibility index (Phi) is 27.9. The van der Waals surface area contributed by atoms with Crippen LogP contribution in [0.5, 0.6) is 0 Å². The molecule has 0 unspecified atom stereocenters. The van der Waals surface area contributed by atoms with Crippen molar-refractivity contribution in [3.63, 3.8) is 0 Å². The molecule has 0 radical (unpaired) electrons. The summed E-state index contributed by atoms with van der Waals surface area (Å²) in [4.78, 5) is 8.00. The Hall–Kier alpha value is 0.751. The number of nitrogens with zero attached hydrogens (tertiary/aromatic N) is 1. The van der Waals surface area contributed by atoms with E-state index in [1.807, 2.05) is 0 Å². The Labute approximate surface area is 87.7 Å². The predicted octanol–water partition coefficient (Wildman–Crippen LogP) is -1.09.